The number of anilines is 3. The minimum Gasteiger partial charge on any atom is -0.497 e. The van der Waals surface area contributed by atoms with Gasteiger partial charge in [0.05, 0.1) is 27.0 Å². The standard InChI is InChI=1S/C20H22N4O3S.C13H13NO.C7H9BO3.C6H6BrN/c1-27-20-8-3-2-7-19(20)16-5-4-6-17(13-16)23-11-12-24(28(23,25)26)18-9-10-22(14-18)15-21;1-15-13-8-3-2-7-12(13)10-5-4-6-11(14)9-10;1-11-7-5-3-2-4-6(7)8(9)10;7-5-2-1-3-6(8)4-5/h2-8,13,18H,9-12,14H2,1H3;2-9H,14H2,1H3;2-5,9-10H,1H3;1-4H,8H2/t18-;;;/m1.../s1. The molecule has 0 aromatic heterocycles. The van der Waals surface area contributed by atoms with Crippen LogP contribution < -0.4 is 35.4 Å². The molecule has 322 valence electrons. The Kier molecular flexibility index (Phi) is 17.1. The summed E-state index contributed by atoms with van der Waals surface area (Å²) >= 11 is 3.28. The molecule has 8 rings (SSSR count). The summed E-state index contributed by atoms with van der Waals surface area (Å²) in [6.07, 6.45) is 2.79. The normalized spacial score (nSPS) is 15.0. The Morgan fingerprint density at radius 2 is 1.21 bits per heavy atom. The highest BCUT2D eigenvalue weighted by atomic mass is 79.9. The second kappa shape index (κ2) is 22.6. The van der Waals surface area contributed by atoms with Gasteiger partial charge in [-0.3, -0.25) is 4.31 Å². The van der Waals surface area contributed by atoms with Crippen molar-refractivity contribution in [1.82, 2.24) is 9.21 Å². The fraction of sp³-hybridized carbons (Fsp3) is 0.196. The second-order valence-electron chi connectivity index (χ2n) is 13.9. The van der Waals surface area contributed by atoms with Gasteiger partial charge in [0.15, 0.2) is 6.19 Å². The highest BCUT2D eigenvalue weighted by Gasteiger charge is 2.43. The van der Waals surface area contributed by atoms with E-state index in [1.54, 1.807) is 47.7 Å². The van der Waals surface area contributed by atoms with E-state index < -0.39 is 17.3 Å². The molecule has 2 aliphatic rings. The summed E-state index contributed by atoms with van der Waals surface area (Å²) in [6.45, 7) is 1.91. The Hall–Kier alpha value is -6.22. The predicted molar refractivity (Wildman–Crippen MR) is 251 cm³/mol. The average Bonchev–Trinajstić information content (AvgIpc) is 3.89. The van der Waals surface area contributed by atoms with Crippen LogP contribution in [0, 0.1) is 11.5 Å². The third kappa shape index (κ3) is 12.2. The van der Waals surface area contributed by atoms with Crippen molar-refractivity contribution >= 4 is 55.8 Å². The highest BCUT2D eigenvalue weighted by Crippen LogP contribution is 2.35. The van der Waals surface area contributed by atoms with Crippen LogP contribution in [-0.2, 0) is 10.2 Å². The largest absolute Gasteiger partial charge is 0.497 e. The molecule has 2 heterocycles. The van der Waals surface area contributed by atoms with Crippen LogP contribution in [0.2, 0.25) is 0 Å². The fourth-order valence-corrected chi connectivity index (χ4v) is 9.16. The predicted octanol–water partition coefficient (Wildman–Crippen LogP) is 6.64. The SMILES string of the molecule is COc1ccccc1-c1cccc(N)c1.COc1ccccc1-c1cccc(N2CCN([C@@H]3CCN(C#N)C3)S2(=O)=O)c1.COc1ccccc1B(O)O.Nc1cccc(Br)c1. The van der Waals surface area contributed by atoms with Gasteiger partial charge >= 0.3 is 17.3 Å². The number of rotatable bonds is 8. The lowest BCUT2D eigenvalue weighted by atomic mass is 9.80. The number of nitriles is 1. The molecule has 1 atom stereocenters. The molecule has 62 heavy (non-hydrogen) atoms. The zero-order valence-corrected chi connectivity index (χ0v) is 37.1. The second-order valence-corrected chi connectivity index (χ2v) is 16.6. The number of nitrogen functional groups attached to an aromatic ring is 2. The van der Waals surface area contributed by atoms with Crippen molar-refractivity contribution in [2.24, 2.45) is 0 Å². The van der Waals surface area contributed by atoms with Crippen LogP contribution >= 0.6 is 15.9 Å². The number of nitrogens with two attached hydrogens (primary N) is 2. The Labute approximate surface area is 372 Å². The maximum absolute atomic E-state index is 13.2. The lowest BCUT2D eigenvalue weighted by Crippen LogP contribution is -2.41. The van der Waals surface area contributed by atoms with Gasteiger partial charge in [0, 0.05) is 64.7 Å². The molecular formula is C46H50BBrN6O7S. The topological polar surface area (TPSA) is 188 Å². The minimum absolute atomic E-state index is 0.146. The first-order valence-corrected chi connectivity index (χ1v) is 21.8. The van der Waals surface area contributed by atoms with Crippen molar-refractivity contribution in [2.75, 3.05) is 63.3 Å². The molecule has 16 heteroatoms. The van der Waals surface area contributed by atoms with E-state index in [1.807, 2.05) is 121 Å². The van der Waals surface area contributed by atoms with Crippen molar-refractivity contribution in [3.05, 3.63) is 150 Å². The molecule has 2 aliphatic heterocycles. The quantitative estimate of drug-likeness (QED) is 0.0729. The molecule has 0 bridgehead atoms. The number of nitrogens with zero attached hydrogens (tertiary/aromatic N) is 4. The molecule has 0 radical (unpaired) electrons. The van der Waals surface area contributed by atoms with Crippen molar-refractivity contribution in [1.29, 1.82) is 5.26 Å². The summed E-state index contributed by atoms with van der Waals surface area (Å²) in [6, 6.07) is 45.0. The summed E-state index contributed by atoms with van der Waals surface area (Å²) in [4.78, 5) is 1.62. The molecule has 0 amide bonds. The van der Waals surface area contributed by atoms with Gasteiger partial charge in [-0.25, -0.2) is 0 Å². The van der Waals surface area contributed by atoms with Crippen LogP contribution in [0.25, 0.3) is 22.3 Å². The maximum atomic E-state index is 13.2. The summed E-state index contributed by atoms with van der Waals surface area (Å²) in [5.74, 6) is 2.10. The van der Waals surface area contributed by atoms with Crippen molar-refractivity contribution < 1.29 is 32.7 Å². The summed E-state index contributed by atoms with van der Waals surface area (Å²) in [5, 5.41) is 26.7. The molecule has 6 N–H and O–H groups in total. The number of methoxy groups -OCH3 is 3. The molecule has 6 aromatic carbocycles. The van der Waals surface area contributed by atoms with Crippen LogP contribution in [0.3, 0.4) is 0 Å². The highest BCUT2D eigenvalue weighted by molar-refractivity contribution is 9.10. The van der Waals surface area contributed by atoms with Gasteiger partial charge in [-0.2, -0.15) is 18.0 Å². The first-order chi connectivity index (χ1) is 29.9. The van der Waals surface area contributed by atoms with Crippen LogP contribution in [0.5, 0.6) is 17.2 Å². The van der Waals surface area contributed by atoms with Crippen molar-refractivity contribution in [2.45, 2.75) is 12.5 Å². The van der Waals surface area contributed by atoms with Crippen LogP contribution in [-0.4, -0.2) is 88.3 Å². The zero-order chi connectivity index (χ0) is 44.6. The van der Waals surface area contributed by atoms with Gasteiger partial charge in [-0.15, -0.1) is 0 Å². The molecule has 2 saturated heterocycles. The average molecular weight is 922 g/mol. The Morgan fingerprint density at radius 3 is 1.71 bits per heavy atom. The number of benzene rings is 6. The van der Waals surface area contributed by atoms with E-state index in [1.165, 1.54) is 11.4 Å². The first-order valence-electron chi connectivity index (χ1n) is 19.6. The lowest BCUT2D eigenvalue weighted by molar-refractivity contribution is 0.345. The molecule has 0 spiro atoms. The Bertz CT molecular complexity index is 2530. The Balaban J connectivity index is 0.000000178. The molecule has 0 unspecified atom stereocenters. The van der Waals surface area contributed by atoms with Gasteiger partial charge in [-0.1, -0.05) is 101 Å². The molecule has 13 nitrogen and oxygen atoms in total. The number of hydrogen-bond acceptors (Lipinski definition) is 11. The summed E-state index contributed by atoms with van der Waals surface area (Å²) < 4.78 is 46.0. The van der Waals surface area contributed by atoms with E-state index in [0.29, 0.717) is 49.5 Å². The van der Waals surface area contributed by atoms with Crippen molar-refractivity contribution in [3.63, 3.8) is 0 Å². The number of para-hydroxylation sites is 3. The van der Waals surface area contributed by atoms with E-state index in [9.17, 15) is 8.42 Å². The van der Waals surface area contributed by atoms with E-state index in [2.05, 4.69) is 22.1 Å². The fourth-order valence-electron chi connectivity index (χ4n) is 6.94. The molecule has 0 saturated carbocycles. The van der Waals surface area contributed by atoms with E-state index >= 15 is 0 Å². The van der Waals surface area contributed by atoms with Gasteiger partial charge in [-0.05, 0) is 78.2 Å². The smallest absolute Gasteiger partial charge is 0.492 e. The van der Waals surface area contributed by atoms with E-state index in [0.717, 1.165) is 49.6 Å². The molecule has 0 aliphatic carbocycles. The summed E-state index contributed by atoms with van der Waals surface area (Å²) in [5.41, 5.74) is 17.7. The van der Waals surface area contributed by atoms with Gasteiger partial charge in [0.2, 0.25) is 0 Å². The minimum atomic E-state index is -3.61. The van der Waals surface area contributed by atoms with Crippen LogP contribution in [0.1, 0.15) is 6.42 Å². The molecule has 2 fully saturated rings. The number of ether oxygens (including phenoxy) is 3. The molecule has 6 aromatic rings. The van der Waals surface area contributed by atoms with Gasteiger partial charge in [0.1, 0.15) is 17.2 Å². The van der Waals surface area contributed by atoms with Gasteiger partial charge in [0.25, 0.3) is 0 Å². The lowest BCUT2D eigenvalue weighted by Gasteiger charge is -2.24. The number of halogens is 1. The third-order valence-electron chi connectivity index (χ3n) is 9.93. The zero-order valence-electron chi connectivity index (χ0n) is 34.7. The number of hydrogen-bond donors (Lipinski definition) is 4. The number of likely N-dealkylation sites (tertiary alicyclic amines) is 1. The third-order valence-corrected chi connectivity index (χ3v) is 12.4. The van der Waals surface area contributed by atoms with Crippen LogP contribution in [0.15, 0.2) is 150 Å². The monoisotopic (exact) mass is 920 g/mol. The first kappa shape index (κ1) is 46.8. The van der Waals surface area contributed by atoms with Crippen LogP contribution in [0.4, 0.5) is 17.1 Å². The molecular weight excluding hydrogens is 871 g/mol. The summed E-state index contributed by atoms with van der Waals surface area (Å²) in [7, 11) is -0.296. The van der Waals surface area contributed by atoms with Gasteiger partial charge < -0.3 is 40.6 Å². The van der Waals surface area contributed by atoms with E-state index in [4.69, 9.17) is 41.0 Å². The maximum Gasteiger partial charge on any atom is 0.492 e. The van der Waals surface area contributed by atoms with Crippen molar-refractivity contribution in [3.8, 4) is 45.7 Å². The van der Waals surface area contributed by atoms with E-state index in [-0.39, 0.29) is 6.04 Å². The Morgan fingerprint density at radius 1 is 0.677 bits per heavy atom.